The summed E-state index contributed by atoms with van der Waals surface area (Å²) in [5.41, 5.74) is 40.7. The zero-order valence-electron chi connectivity index (χ0n) is 67.9. The van der Waals surface area contributed by atoms with Crippen LogP contribution in [-0.4, -0.2) is 0 Å². The molecule has 4 heteroatoms. The van der Waals surface area contributed by atoms with Crippen molar-refractivity contribution in [3.63, 3.8) is 0 Å². The molecule has 4 nitrogen and oxygen atoms in total. The van der Waals surface area contributed by atoms with E-state index in [2.05, 4.69) is 339 Å². The predicted molar refractivity (Wildman–Crippen MR) is 424 cm³/mol. The van der Waals surface area contributed by atoms with E-state index in [9.17, 15) is 0 Å². The normalized spacial score (nSPS) is 15.2. The van der Waals surface area contributed by atoms with Crippen molar-refractivity contribution >= 4 is 0 Å². The van der Waals surface area contributed by atoms with Crippen LogP contribution in [-0.2, 0) is 69.0 Å². The van der Waals surface area contributed by atoms with E-state index in [4.69, 9.17) is 5.48 Å². The van der Waals surface area contributed by atoms with Gasteiger partial charge >= 0.3 is 0 Å². The van der Waals surface area contributed by atoms with Crippen LogP contribution in [0.15, 0.2) is 219 Å². The summed E-state index contributed by atoms with van der Waals surface area (Å²) < 4.78 is 41.6. The third kappa shape index (κ3) is 12.0. The molecule has 12 aromatic rings. The van der Waals surface area contributed by atoms with Gasteiger partial charge in [-0.25, -0.2) is 18.3 Å². The average molecular weight is 1330 g/mol. The summed E-state index contributed by atoms with van der Waals surface area (Å²) in [7, 11) is 8.40. The first-order valence-electron chi connectivity index (χ1n) is 38.5. The molecule has 510 valence electrons. The van der Waals surface area contributed by atoms with Crippen LogP contribution in [0.4, 0.5) is 0 Å². The second-order valence-corrected chi connectivity index (χ2v) is 31.3. The Bertz CT molecular complexity index is 5450. The van der Waals surface area contributed by atoms with Crippen molar-refractivity contribution in [2.24, 2.45) is 28.2 Å². The van der Waals surface area contributed by atoms with E-state index in [1.54, 1.807) is 13.8 Å². The van der Waals surface area contributed by atoms with E-state index in [1.165, 1.54) is 162 Å². The molecule has 0 N–H and O–H groups in total. The molecule has 0 saturated carbocycles. The maximum Gasteiger partial charge on any atom is 0.212 e. The van der Waals surface area contributed by atoms with Crippen LogP contribution >= 0.6 is 0 Å². The number of aromatic nitrogens is 4. The van der Waals surface area contributed by atoms with Crippen molar-refractivity contribution in [2.45, 2.75) is 164 Å². The van der Waals surface area contributed by atoms with Gasteiger partial charge in [-0.1, -0.05) is 187 Å². The fraction of sp³-hybridized carbons (Fsp3) is 0.299. The van der Waals surface area contributed by atoms with Gasteiger partial charge in [0.1, 0.15) is 28.2 Å². The molecule has 0 atom stereocenters. The van der Waals surface area contributed by atoms with Gasteiger partial charge in [-0.3, -0.25) is 0 Å². The Labute approximate surface area is 610 Å². The standard InChI is InChI=1S/C25H28N.3C24H26N/c1-16(2)18-10-9-11-19-21-14-17(3)20(23-12-7-8-13-26(23)6)15-22(21)25(4,5)24(18)19;1-6-17-10-9-11-20-23(17)19-14-16(2)18(15-21(19)24(20,3)4)22-12-7-8-13-25(22)5;1-6-17-10-11-21-20(14-17)19-13-16(2)18(15-22(19)24(21,3)4)23-9-7-8-12-25(23)5;1-6-17-10-11-18-20-13-16(2)19(23-9-7-8-12-25(23)5)15-22(20)24(3,4)21(18)14-17/h7-16H,1-6H3;3*7-15H,6H2,1-5H3/q4*+1/i;6D2;;6D2. The molecular weight excluding hydrogens is 1220 g/mol. The third-order valence-corrected chi connectivity index (χ3v) is 23.1. The highest BCUT2D eigenvalue weighted by Gasteiger charge is 2.42. The monoisotopic (exact) mass is 1330 g/mol. The molecule has 0 radical (unpaired) electrons. The first-order valence-corrected chi connectivity index (χ1v) is 36.5. The van der Waals surface area contributed by atoms with Crippen molar-refractivity contribution in [1.29, 1.82) is 0 Å². The highest BCUT2D eigenvalue weighted by Crippen LogP contribution is 2.56. The topological polar surface area (TPSA) is 15.5 Å². The van der Waals surface area contributed by atoms with Crippen LogP contribution in [0.1, 0.15) is 190 Å². The van der Waals surface area contributed by atoms with Crippen LogP contribution in [0.2, 0.25) is 0 Å². The van der Waals surface area contributed by atoms with E-state index in [-0.39, 0.29) is 21.7 Å². The molecule has 0 unspecified atom stereocenters. The minimum atomic E-state index is -1.37. The second kappa shape index (κ2) is 26.7. The number of hydrogen-bond acceptors (Lipinski definition) is 0. The molecule has 0 saturated heterocycles. The Morgan fingerprint density at radius 2 is 0.703 bits per heavy atom. The molecule has 4 heterocycles. The maximum atomic E-state index is 8.33. The number of hydrogen-bond donors (Lipinski definition) is 0. The molecule has 16 rings (SSSR count). The lowest BCUT2D eigenvalue weighted by molar-refractivity contribution is -0.660. The molecule has 0 fully saturated rings. The van der Waals surface area contributed by atoms with Crippen molar-refractivity contribution in [3.8, 4) is 89.5 Å². The second-order valence-electron chi connectivity index (χ2n) is 31.3. The van der Waals surface area contributed by atoms with Gasteiger partial charge in [-0.05, 0) is 235 Å². The van der Waals surface area contributed by atoms with E-state index >= 15 is 0 Å². The summed E-state index contributed by atoms with van der Waals surface area (Å²) in [5, 5.41) is 0. The van der Waals surface area contributed by atoms with Gasteiger partial charge in [0.05, 0.1) is 0 Å². The lowest BCUT2D eigenvalue weighted by atomic mass is 9.77. The van der Waals surface area contributed by atoms with Gasteiger partial charge in [0, 0.05) is 97.9 Å². The number of rotatable bonds is 8. The van der Waals surface area contributed by atoms with E-state index in [0.717, 1.165) is 23.1 Å². The van der Waals surface area contributed by atoms with Gasteiger partial charge in [0.2, 0.25) is 22.8 Å². The van der Waals surface area contributed by atoms with Gasteiger partial charge < -0.3 is 0 Å². The zero-order chi connectivity index (χ0) is 75.5. The molecule has 0 bridgehead atoms. The van der Waals surface area contributed by atoms with Crippen LogP contribution < -0.4 is 18.3 Å². The largest absolute Gasteiger partial charge is 0.212 e. The molecule has 4 aliphatic rings. The smallest absolute Gasteiger partial charge is 0.201 e. The SMILES string of the molecule is CCc1ccc2c(c1)-c1cc(C)c(-c3cccc[n+]3C)cc1C2(C)C.Cc1cc2c(cc1-c1cccc[n+]1C)C(C)(C)c1c-2cccc1C(C)C.[2H]C([2H])(C)c1ccc2c(c1)C(C)(C)c1cc(-c3cccc[n+]3C)c(C)cc1-2.[2H]C([2H])(C)c1cccc2c1-c1cc(C)c(-c3cccc[n+]3C)cc1C2(C)C. The van der Waals surface area contributed by atoms with Crippen LogP contribution in [0.5, 0.6) is 0 Å². The predicted octanol–water partition coefficient (Wildman–Crippen LogP) is 22.0. The minimum absolute atomic E-state index is 0.0291. The van der Waals surface area contributed by atoms with Crippen molar-refractivity contribution < 1.29 is 23.8 Å². The molecule has 0 aliphatic heterocycles. The molecule has 4 aliphatic carbocycles. The molecule has 0 amide bonds. The Morgan fingerprint density at radius 1 is 0.317 bits per heavy atom. The van der Waals surface area contributed by atoms with Gasteiger partial charge in [-0.15, -0.1) is 0 Å². The summed E-state index contributed by atoms with van der Waals surface area (Å²) in [6.07, 6.45) is 6.78. The Morgan fingerprint density at radius 3 is 1.15 bits per heavy atom. The summed E-state index contributed by atoms with van der Waals surface area (Å²) in [6, 6.07) is 70.3. The average Bonchev–Trinajstić information content (AvgIpc) is 1.59. The van der Waals surface area contributed by atoms with Crippen LogP contribution in [0.3, 0.4) is 0 Å². The highest BCUT2D eigenvalue weighted by atomic mass is 14.9. The summed E-state index contributed by atoms with van der Waals surface area (Å²) in [6.45, 7) is 37.4. The fourth-order valence-corrected chi connectivity index (χ4v) is 17.2. The van der Waals surface area contributed by atoms with Gasteiger partial charge in [0.15, 0.2) is 24.8 Å². The number of pyridine rings is 4. The van der Waals surface area contributed by atoms with Crippen LogP contribution in [0, 0.1) is 27.7 Å². The molecule has 4 aromatic heterocycles. The Kier molecular flexibility index (Phi) is 17.1. The lowest BCUT2D eigenvalue weighted by Crippen LogP contribution is -2.30. The maximum absolute atomic E-state index is 8.33. The van der Waals surface area contributed by atoms with Crippen molar-refractivity contribution in [2.75, 3.05) is 0 Å². The summed E-state index contributed by atoms with van der Waals surface area (Å²) in [5.74, 6) is 0.533. The Hall–Kier alpha value is -9.64. The quantitative estimate of drug-likeness (QED) is 0.135. The number of aryl methyl sites for hydroxylation is 11. The summed E-state index contributed by atoms with van der Waals surface area (Å²) in [4.78, 5) is 0. The van der Waals surface area contributed by atoms with Crippen LogP contribution in [0.25, 0.3) is 89.5 Å². The highest BCUT2D eigenvalue weighted by molar-refractivity contribution is 5.89. The number of benzene rings is 8. The molecule has 8 aromatic carbocycles. The van der Waals surface area contributed by atoms with E-state index in [0.29, 0.717) is 5.92 Å². The number of nitrogens with zero attached hydrogens (tertiary/aromatic N) is 4. The van der Waals surface area contributed by atoms with E-state index in [1.807, 2.05) is 30.3 Å². The van der Waals surface area contributed by atoms with Crippen molar-refractivity contribution in [3.05, 3.63) is 308 Å². The minimum Gasteiger partial charge on any atom is -0.201 e. The lowest BCUT2D eigenvalue weighted by Gasteiger charge is -2.26. The first kappa shape index (κ1) is 64.7. The fourth-order valence-electron chi connectivity index (χ4n) is 17.2. The van der Waals surface area contributed by atoms with Gasteiger partial charge in [-0.2, -0.15) is 0 Å². The summed E-state index contributed by atoms with van der Waals surface area (Å²) >= 11 is 0. The Balaban J connectivity index is 0.000000124. The first-order chi connectivity index (χ1) is 49.5. The molecular formula is C97H106N4+4. The van der Waals surface area contributed by atoms with E-state index < -0.39 is 12.7 Å². The van der Waals surface area contributed by atoms with Crippen molar-refractivity contribution in [1.82, 2.24) is 0 Å². The van der Waals surface area contributed by atoms with Gasteiger partial charge in [0.25, 0.3) is 0 Å². The molecule has 0 spiro atoms. The number of fused-ring (bicyclic) bond motifs is 12. The molecule has 101 heavy (non-hydrogen) atoms. The zero-order valence-corrected chi connectivity index (χ0v) is 63.9. The third-order valence-electron chi connectivity index (χ3n) is 23.1.